The molecule has 0 aromatic rings. The Morgan fingerprint density at radius 1 is 1.44 bits per heavy atom. The van der Waals surface area contributed by atoms with Gasteiger partial charge < -0.3 is 14.7 Å². The Bertz CT molecular complexity index is 272. The van der Waals surface area contributed by atoms with Gasteiger partial charge in [-0.05, 0) is 18.8 Å². The van der Waals surface area contributed by atoms with Gasteiger partial charge in [0.2, 0.25) is 5.91 Å². The number of carbonyl (C=O) groups excluding carboxylic acids is 1. The minimum Gasteiger partial charge on any atom is -0.389 e. The molecule has 4 nitrogen and oxygen atoms in total. The van der Waals surface area contributed by atoms with E-state index in [0.717, 1.165) is 12.8 Å². The van der Waals surface area contributed by atoms with E-state index < -0.39 is 6.10 Å². The number of nitrogens with zero attached hydrogens (tertiary/aromatic N) is 1. The topological polar surface area (TPSA) is 49.8 Å². The van der Waals surface area contributed by atoms with Crippen LogP contribution in [0.2, 0.25) is 0 Å². The van der Waals surface area contributed by atoms with Gasteiger partial charge in [-0.3, -0.25) is 4.79 Å². The summed E-state index contributed by atoms with van der Waals surface area (Å²) in [5.41, 5.74) is -0.321. The van der Waals surface area contributed by atoms with Gasteiger partial charge in [0.25, 0.3) is 0 Å². The average Bonchev–Trinajstić information content (AvgIpc) is 2.82. The number of aliphatic hydroxyl groups excluding tert-OH is 1. The van der Waals surface area contributed by atoms with Crippen molar-refractivity contribution in [3.05, 3.63) is 0 Å². The predicted molar refractivity (Wildman–Crippen MR) is 71.3 cm³/mol. The van der Waals surface area contributed by atoms with Crippen LogP contribution in [0.5, 0.6) is 0 Å². The van der Waals surface area contributed by atoms with E-state index in [1.807, 2.05) is 13.8 Å². The molecule has 1 fully saturated rings. The van der Waals surface area contributed by atoms with Crippen LogP contribution in [0.4, 0.5) is 0 Å². The van der Waals surface area contributed by atoms with Crippen molar-refractivity contribution in [2.75, 3.05) is 27.3 Å². The lowest BCUT2D eigenvalue weighted by Gasteiger charge is -2.35. The lowest BCUT2D eigenvalue weighted by Crippen LogP contribution is -2.45. The molecule has 1 unspecified atom stereocenters. The summed E-state index contributed by atoms with van der Waals surface area (Å²) >= 11 is 0. The van der Waals surface area contributed by atoms with E-state index in [4.69, 9.17) is 4.74 Å². The molecule has 106 valence electrons. The molecule has 1 N–H and O–H groups in total. The Hall–Kier alpha value is -0.610. The zero-order valence-electron chi connectivity index (χ0n) is 12.1. The van der Waals surface area contributed by atoms with Crippen LogP contribution in [0, 0.1) is 11.3 Å². The molecular weight excluding hydrogens is 230 g/mol. The number of likely N-dealkylation sites (N-methyl/N-ethyl adjacent to an activating group) is 1. The van der Waals surface area contributed by atoms with Crippen LogP contribution in [0.25, 0.3) is 0 Å². The number of hydrogen-bond acceptors (Lipinski definition) is 3. The third-order valence-electron chi connectivity index (χ3n) is 4.12. The highest BCUT2D eigenvalue weighted by Crippen LogP contribution is 2.40. The Morgan fingerprint density at radius 2 is 2.00 bits per heavy atom. The fourth-order valence-electron chi connectivity index (χ4n) is 2.96. The summed E-state index contributed by atoms with van der Waals surface area (Å²) in [6.45, 7) is 4.67. The van der Waals surface area contributed by atoms with Crippen molar-refractivity contribution in [3.8, 4) is 0 Å². The van der Waals surface area contributed by atoms with Crippen LogP contribution in [-0.4, -0.2) is 49.3 Å². The first-order valence-corrected chi connectivity index (χ1v) is 6.82. The summed E-state index contributed by atoms with van der Waals surface area (Å²) in [5, 5.41) is 9.68. The van der Waals surface area contributed by atoms with Crippen LogP contribution < -0.4 is 0 Å². The van der Waals surface area contributed by atoms with Crippen LogP contribution in [0.3, 0.4) is 0 Å². The van der Waals surface area contributed by atoms with Crippen molar-refractivity contribution < 1.29 is 14.6 Å². The molecule has 0 heterocycles. The van der Waals surface area contributed by atoms with Crippen molar-refractivity contribution in [2.24, 2.45) is 11.3 Å². The maximum absolute atomic E-state index is 12.5. The van der Waals surface area contributed by atoms with Crippen molar-refractivity contribution in [1.82, 2.24) is 4.90 Å². The molecule has 0 bridgehead atoms. The minimum atomic E-state index is -0.608. The number of carbonyl (C=O) groups is 1. The molecule has 0 radical (unpaired) electrons. The first kappa shape index (κ1) is 15.4. The fraction of sp³-hybridized carbons (Fsp3) is 0.929. The van der Waals surface area contributed by atoms with Gasteiger partial charge in [-0.15, -0.1) is 0 Å². The molecule has 0 aromatic heterocycles. The highest BCUT2D eigenvalue weighted by atomic mass is 16.5. The van der Waals surface area contributed by atoms with Crippen molar-refractivity contribution in [2.45, 2.75) is 45.6 Å². The molecule has 4 heteroatoms. The molecule has 0 spiro atoms. The van der Waals surface area contributed by atoms with Crippen LogP contribution >= 0.6 is 0 Å². The summed E-state index contributed by atoms with van der Waals surface area (Å²) in [4.78, 5) is 14.1. The second-order valence-corrected chi connectivity index (χ2v) is 6.00. The van der Waals surface area contributed by atoms with Gasteiger partial charge in [-0.1, -0.05) is 26.7 Å². The summed E-state index contributed by atoms with van der Waals surface area (Å²) in [6.07, 6.45) is 4.15. The molecule has 0 aliphatic heterocycles. The van der Waals surface area contributed by atoms with Crippen molar-refractivity contribution in [1.29, 1.82) is 0 Å². The lowest BCUT2D eigenvalue weighted by molar-refractivity contribution is -0.143. The molecule has 18 heavy (non-hydrogen) atoms. The third kappa shape index (κ3) is 3.69. The van der Waals surface area contributed by atoms with E-state index in [0.29, 0.717) is 12.5 Å². The van der Waals surface area contributed by atoms with Gasteiger partial charge in [0.15, 0.2) is 0 Å². The van der Waals surface area contributed by atoms with Crippen LogP contribution in [0.15, 0.2) is 0 Å². The van der Waals surface area contributed by atoms with Crippen LogP contribution in [-0.2, 0) is 9.53 Å². The number of ether oxygens (including phenoxy) is 1. The summed E-state index contributed by atoms with van der Waals surface area (Å²) in [5.74, 6) is 0.608. The van der Waals surface area contributed by atoms with Gasteiger partial charge in [0, 0.05) is 26.1 Å². The van der Waals surface area contributed by atoms with Gasteiger partial charge >= 0.3 is 0 Å². The van der Waals surface area contributed by atoms with Gasteiger partial charge in [0.05, 0.1) is 12.7 Å². The smallest absolute Gasteiger partial charge is 0.228 e. The van der Waals surface area contributed by atoms with E-state index >= 15 is 0 Å². The second kappa shape index (κ2) is 6.53. The van der Waals surface area contributed by atoms with E-state index in [2.05, 4.69) is 0 Å². The maximum atomic E-state index is 12.5. The van der Waals surface area contributed by atoms with E-state index in [1.165, 1.54) is 12.8 Å². The number of aliphatic hydroxyl groups is 1. The molecular formula is C14H27NO3. The predicted octanol–water partition coefficient (Wildman–Crippen LogP) is 1.67. The first-order chi connectivity index (χ1) is 8.39. The summed E-state index contributed by atoms with van der Waals surface area (Å²) in [6, 6.07) is 0. The van der Waals surface area contributed by atoms with Crippen LogP contribution in [0.1, 0.15) is 39.5 Å². The maximum Gasteiger partial charge on any atom is 0.228 e. The first-order valence-electron chi connectivity index (χ1n) is 6.82. The molecule has 1 amide bonds. The van der Waals surface area contributed by atoms with E-state index in [1.54, 1.807) is 19.1 Å². The van der Waals surface area contributed by atoms with Gasteiger partial charge in [-0.25, -0.2) is 0 Å². The lowest BCUT2D eigenvalue weighted by atomic mass is 9.76. The SMILES string of the molecule is COCC(O)CN(C)C(=O)C(C)(C)C1CCCC1. The molecule has 0 aromatic carbocycles. The Balaban J connectivity index is 2.55. The number of methoxy groups -OCH3 is 1. The summed E-state index contributed by atoms with van der Waals surface area (Å²) in [7, 11) is 3.31. The molecule has 0 saturated heterocycles. The van der Waals surface area contributed by atoms with Crippen molar-refractivity contribution >= 4 is 5.91 Å². The molecule has 1 aliphatic carbocycles. The monoisotopic (exact) mass is 257 g/mol. The quantitative estimate of drug-likeness (QED) is 0.787. The normalized spacial score (nSPS) is 18.9. The molecule has 1 rings (SSSR count). The van der Waals surface area contributed by atoms with E-state index in [-0.39, 0.29) is 17.9 Å². The standard InChI is InChI=1S/C14H27NO3/c1-14(2,11-7-5-6-8-11)13(17)15(3)9-12(16)10-18-4/h11-12,16H,5-10H2,1-4H3. The minimum absolute atomic E-state index is 0.129. The number of amides is 1. The fourth-order valence-corrected chi connectivity index (χ4v) is 2.96. The van der Waals surface area contributed by atoms with Crippen molar-refractivity contribution in [3.63, 3.8) is 0 Å². The molecule has 1 aliphatic rings. The number of rotatable bonds is 6. The van der Waals surface area contributed by atoms with Gasteiger partial charge in [0.1, 0.15) is 0 Å². The third-order valence-corrected chi connectivity index (χ3v) is 4.12. The zero-order chi connectivity index (χ0) is 13.8. The second-order valence-electron chi connectivity index (χ2n) is 6.00. The Kier molecular flexibility index (Phi) is 5.60. The largest absolute Gasteiger partial charge is 0.389 e. The summed E-state index contributed by atoms with van der Waals surface area (Å²) < 4.78 is 4.88. The zero-order valence-corrected chi connectivity index (χ0v) is 12.1. The van der Waals surface area contributed by atoms with E-state index in [9.17, 15) is 9.90 Å². The highest BCUT2D eigenvalue weighted by Gasteiger charge is 2.39. The Labute approximate surface area is 110 Å². The molecule has 1 atom stereocenters. The number of hydrogen-bond donors (Lipinski definition) is 1. The Morgan fingerprint density at radius 3 is 2.50 bits per heavy atom. The molecule has 1 saturated carbocycles. The van der Waals surface area contributed by atoms with Gasteiger partial charge in [-0.2, -0.15) is 0 Å². The average molecular weight is 257 g/mol. The highest BCUT2D eigenvalue weighted by molar-refractivity contribution is 5.82.